The number of nitrogens with zero attached hydrogens (tertiary/aromatic N) is 1. The van der Waals surface area contributed by atoms with Gasteiger partial charge in [0.25, 0.3) is 0 Å². The minimum Gasteiger partial charge on any atom is -0.401 e. The average Bonchev–Trinajstić information content (AvgIpc) is 3.10. The molecule has 4 N–H and O–H groups in total. The molecule has 0 aliphatic heterocycles. The Hall–Kier alpha value is -1.21. The summed E-state index contributed by atoms with van der Waals surface area (Å²) < 4.78 is 0. The predicted molar refractivity (Wildman–Crippen MR) is 86.4 cm³/mol. The maximum atomic E-state index is 10.9. The lowest BCUT2D eigenvalue weighted by Gasteiger charge is -2.07. The van der Waals surface area contributed by atoms with Crippen LogP contribution in [-0.2, 0) is 4.79 Å². The molecule has 0 saturated heterocycles. The van der Waals surface area contributed by atoms with Crippen molar-refractivity contribution in [1.82, 2.24) is 10.3 Å². The minimum atomic E-state index is -0.0448. The van der Waals surface area contributed by atoms with Gasteiger partial charge in [0.2, 0.25) is 5.91 Å². The van der Waals surface area contributed by atoms with Crippen molar-refractivity contribution in [3.05, 3.63) is 16.8 Å². The lowest BCUT2D eigenvalue weighted by molar-refractivity contribution is -0.118. The molecule has 0 bridgehead atoms. The van der Waals surface area contributed by atoms with Crippen molar-refractivity contribution in [3.8, 4) is 0 Å². The van der Waals surface area contributed by atoms with Crippen LogP contribution in [0.5, 0.6) is 0 Å². The van der Waals surface area contributed by atoms with Crippen molar-refractivity contribution in [2.75, 3.05) is 17.7 Å². The fourth-order valence-electron chi connectivity index (χ4n) is 1.61. The summed E-state index contributed by atoms with van der Waals surface area (Å²) in [6, 6.07) is 0. The summed E-state index contributed by atoms with van der Waals surface area (Å²) in [4.78, 5) is 16.4. The number of carbonyl (C=O) groups excluding carboxylic acids is 1. The monoisotopic (exact) mass is 312 g/mol. The Bertz CT molecular complexity index is 504. The summed E-state index contributed by atoms with van der Waals surface area (Å²) in [7, 11) is 0. The topological polar surface area (TPSA) is 80.0 Å². The van der Waals surface area contributed by atoms with Crippen LogP contribution in [0.1, 0.15) is 32.4 Å². The van der Waals surface area contributed by atoms with E-state index in [9.17, 15) is 4.79 Å². The molecular weight excluding hydrogens is 292 g/mol. The van der Waals surface area contributed by atoms with E-state index in [1.54, 1.807) is 11.3 Å². The van der Waals surface area contributed by atoms with Crippen LogP contribution in [-0.4, -0.2) is 23.3 Å². The van der Waals surface area contributed by atoms with E-state index < -0.39 is 0 Å². The fraction of sp³-hybridized carbons (Fsp3) is 0.538. The van der Waals surface area contributed by atoms with Gasteiger partial charge in [0.05, 0.1) is 16.5 Å². The van der Waals surface area contributed by atoms with E-state index in [0.717, 1.165) is 33.9 Å². The Morgan fingerprint density at radius 2 is 2.30 bits per heavy atom. The van der Waals surface area contributed by atoms with Crippen LogP contribution in [0.15, 0.2) is 11.1 Å². The third kappa shape index (κ3) is 4.72. The van der Waals surface area contributed by atoms with Gasteiger partial charge in [-0.3, -0.25) is 4.79 Å². The number of thioether (sulfide) groups is 1. The number of rotatable bonds is 7. The largest absolute Gasteiger partial charge is 0.401 e. The Kier molecular flexibility index (Phi) is 5.31. The molecule has 1 fully saturated rings. The summed E-state index contributed by atoms with van der Waals surface area (Å²) in [6.07, 6.45) is 2.65. The van der Waals surface area contributed by atoms with Gasteiger partial charge >= 0.3 is 0 Å². The molecule has 1 saturated carbocycles. The summed E-state index contributed by atoms with van der Waals surface area (Å²) in [5.41, 5.74) is 7.52. The highest BCUT2D eigenvalue weighted by Gasteiger charge is 2.21. The Balaban J connectivity index is 1.94. The van der Waals surface area contributed by atoms with Crippen LogP contribution < -0.4 is 16.4 Å². The lowest BCUT2D eigenvalue weighted by Crippen LogP contribution is -2.19. The molecule has 1 amide bonds. The highest BCUT2D eigenvalue weighted by Crippen LogP contribution is 2.32. The first kappa shape index (κ1) is 15.2. The number of amides is 1. The molecule has 0 aromatic carbocycles. The van der Waals surface area contributed by atoms with Crippen LogP contribution in [0, 0.1) is 5.92 Å². The van der Waals surface area contributed by atoms with Crippen LogP contribution in [0.2, 0.25) is 0 Å². The molecule has 1 heterocycles. The van der Waals surface area contributed by atoms with E-state index in [4.69, 9.17) is 5.73 Å². The fourth-order valence-corrected chi connectivity index (χ4v) is 3.30. The molecule has 0 atom stereocenters. The summed E-state index contributed by atoms with van der Waals surface area (Å²) in [5.74, 6) is 1.28. The molecule has 0 spiro atoms. The van der Waals surface area contributed by atoms with Crippen LogP contribution >= 0.6 is 23.1 Å². The number of hydrogen-bond donors (Lipinski definition) is 3. The van der Waals surface area contributed by atoms with E-state index in [0.29, 0.717) is 5.88 Å². The van der Waals surface area contributed by atoms with Crippen LogP contribution in [0.25, 0.3) is 4.91 Å². The van der Waals surface area contributed by atoms with Gasteiger partial charge in [-0.25, -0.2) is 4.98 Å². The van der Waals surface area contributed by atoms with Gasteiger partial charge in [0.1, 0.15) is 0 Å². The summed E-state index contributed by atoms with van der Waals surface area (Å²) in [5, 5.41) is 9.05. The quantitative estimate of drug-likeness (QED) is 0.674. The molecule has 20 heavy (non-hydrogen) atoms. The number of nitrogens with one attached hydrogen (secondary N) is 2. The van der Waals surface area contributed by atoms with E-state index in [-0.39, 0.29) is 5.91 Å². The molecule has 1 aliphatic carbocycles. The van der Waals surface area contributed by atoms with E-state index in [2.05, 4.69) is 15.6 Å². The van der Waals surface area contributed by atoms with E-state index >= 15 is 0 Å². The summed E-state index contributed by atoms with van der Waals surface area (Å²) >= 11 is 3.09. The molecule has 0 radical (unpaired) electrons. The molecule has 0 unspecified atom stereocenters. The third-order valence-electron chi connectivity index (χ3n) is 2.87. The second-order valence-corrected chi connectivity index (χ2v) is 6.74. The lowest BCUT2D eigenvalue weighted by atomic mass is 10.4. The number of thiazole rings is 1. The molecule has 1 aromatic rings. The van der Waals surface area contributed by atoms with Crippen molar-refractivity contribution in [3.63, 3.8) is 0 Å². The number of nitrogens with two attached hydrogens (primary N) is 1. The maximum Gasteiger partial charge on any atom is 0.217 e. The number of carbonyl (C=O) groups is 1. The number of hydrogen-bond acceptors (Lipinski definition) is 6. The SMILES string of the molecule is CC(=O)NCS/C(=C(/C)N)c1csc(NCC2CC2)n1. The summed E-state index contributed by atoms with van der Waals surface area (Å²) in [6.45, 7) is 4.36. The number of allylic oxidation sites excluding steroid dienone is 1. The number of anilines is 1. The number of aromatic nitrogens is 1. The highest BCUT2D eigenvalue weighted by molar-refractivity contribution is 8.08. The Morgan fingerprint density at radius 1 is 1.55 bits per heavy atom. The smallest absolute Gasteiger partial charge is 0.217 e. The zero-order chi connectivity index (χ0) is 14.5. The van der Waals surface area contributed by atoms with Crippen molar-refractivity contribution >= 4 is 39.0 Å². The standard InChI is InChI=1S/C13H20N4OS2/c1-8(14)12(20-7-16-9(2)18)11-6-19-13(17-11)15-5-10-3-4-10/h6,10H,3-5,7,14H2,1-2H3,(H,15,17)(H,16,18)/b12-8-. The Morgan fingerprint density at radius 3 is 2.90 bits per heavy atom. The van der Waals surface area contributed by atoms with Crippen molar-refractivity contribution in [2.24, 2.45) is 11.7 Å². The second-order valence-electron chi connectivity index (χ2n) is 4.90. The molecule has 2 rings (SSSR count). The van der Waals surface area contributed by atoms with Gasteiger partial charge in [-0.05, 0) is 25.7 Å². The maximum absolute atomic E-state index is 10.9. The van der Waals surface area contributed by atoms with E-state index in [1.165, 1.54) is 31.5 Å². The first-order valence-corrected chi connectivity index (χ1v) is 8.46. The normalized spacial score (nSPS) is 15.7. The van der Waals surface area contributed by atoms with Crippen molar-refractivity contribution < 1.29 is 4.79 Å². The molecule has 1 aromatic heterocycles. The Labute approximate surface area is 127 Å². The van der Waals surface area contributed by atoms with Crippen LogP contribution in [0.3, 0.4) is 0 Å². The molecule has 110 valence electrons. The van der Waals surface area contributed by atoms with Gasteiger partial charge in [0, 0.05) is 24.5 Å². The average molecular weight is 312 g/mol. The third-order valence-corrected chi connectivity index (χ3v) is 4.78. The van der Waals surface area contributed by atoms with Crippen molar-refractivity contribution in [2.45, 2.75) is 26.7 Å². The zero-order valence-electron chi connectivity index (χ0n) is 11.7. The van der Waals surface area contributed by atoms with Gasteiger partial charge in [-0.2, -0.15) is 0 Å². The van der Waals surface area contributed by atoms with Gasteiger partial charge in [-0.15, -0.1) is 23.1 Å². The highest BCUT2D eigenvalue weighted by atomic mass is 32.2. The molecule has 7 heteroatoms. The first-order chi connectivity index (χ1) is 9.56. The second kappa shape index (κ2) is 6.99. The van der Waals surface area contributed by atoms with Gasteiger partial charge in [-0.1, -0.05) is 0 Å². The molecular formula is C13H20N4OS2. The molecule has 1 aliphatic rings. The first-order valence-electron chi connectivity index (χ1n) is 6.59. The van der Waals surface area contributed by atoms with Gasteiger partial charge < -0.3 is 16.4 Å². The predicted octanol–water partition coefficient (Wildman–Crippen LogP) is 2.44. The van der Waals surface area contributed by atoms with Crippen LogP contribution in [0.4, 0.5) is 5.13 Å². The van der Waals surface area contributed by atoms with Gasteiger partial charge in [0.15, 0.2) is 5.13 Å². The minimum absolute atomic E-state index is 0.0448. The van der Waals surface area contributed by atoms with E-state index in [1.807, 2.05) is 12.3 Å². The van der Waals surface area contributed by atoms with Crippen molar-refractivity contribution in [1.29, 1.82) is 0 Å². The molecule has 5 nitrogen and oxygen atoms in total. The zero-order valence-corrected chi connectivity index (χ0v) is 13.4.